The molecular weight excluding hydrogens is 290 g/mol. The molecule has 1 aliphatic heterocycles. The smallest absolute Gasteiger partial charge is 0.234 e. The van der Waals surface area contributed by atoms with Crippen molar-refractivity contribution in [3.8, 4) is 0 Å². The number of thiazole rings is 1. The Morgan fingerprint density at radius 1 is 1.24 bits per heavy atom. The number of nitrogens with one attached hydrogen (secondary N) is 2. The summed E-state index contributed by atoms with van der Waals surface area (Å²) in [5, 5.41) is 8.48. The van der Waals surface area contributed by atoms with E-state index in [1.54, 1.807) is 11.3 Å². The van der Waals surface area contributed by atoms with Gasteiger partial charge in [0.25, 0.3) is 0 Å². The predicted octanol–water partition coefficient (Wildman–Crippen LogP) is -0.483. The molecule has 116 valence electrons. The average Bonchev–Trinajstić information content (AvgIpc) is 2.98. The summed E-state index contributed by atoms with van der Waals surface area (Å²) in [6, 6.07) is 0. The fourth-order valence-corrected chi connectivity index (χ4v) is 2.87. The first-order valence-electron chi connectivity index (χ1n) is 7.03. The number of rotatable bonds is 6. The van der Waals surface area contributed by atoms with Crippen molar-refractivity contribution in [2.24, 2.45) is 0 Å². The molecule has 1 saturated heterocycles. The molecule has 1 aliphatic rings. The third-order valence-electron chi connectivity index (χ3n) is 3.25. The highest BCUT2D eigenvalue weighted by Gasteiger charge is 2.20. The van der Waals surface area contributed by atoms with Crippen LogP contribution in [0.4, 0.5) is 5.13 Å². The van der Waals surface area contributed by atoms with Gasteiger partial charge in [-0.1, -0.05) is 0 Å². The molecule has 2 amide bonds. The molecule has 0 atom stereocenters. The molecule has 0 bridgehead atoms. The fraction of sp³-hybridized carbons (Fsp3) is 0.615. The number of anilines is 1. The summed E-state index contributed by atoms with van der Waals surface area (Å²) < 4.78 is 0. The molecular formula is C13H21N5O2S. The van der Waals surface area contributed by atoms with Gasteiger partial charge in [-0.05, 0) is 0 Å². The molecule has 0 aliphatic carbocycles. The van der Waals surface area contributed by atoms with E-state index in [0.29, 0.717) is 19.6 Å². The van der Waals surface area contributed by atoms with E-state index < -0.39 is 0 Å². The molecule has 7 nitrogen and oxygen atoms in total. The van der Waals surface area contributed by atoms with Gasteiger partial charge >= 0.3 is 0 Å². The zero-order chi connectivity index (χ0) is 15.1. The molecule has 8 heteroatoms. The van der Waals surface area contributed by atoms with Crippen molar-refractivity contribution in [3.63, 3.8) is 0 Å². The zero-order valence-corrected chi connectivity index (χ0v) is 13.0. The molecule has 0 aromatic carbocycles. The van der Waals surface area contributed by atoms with Crippen LogP contribution >= 0.6 is 11.3 Å². The van der Waals surface area contributed by atoms with Crippen LogP contribution in [-0.4, -0.2) is 67.5 Å². The summed E-state index contributed by atoms with van der Waals surface area (Å²) in [5.41, 5.74) is 0. The monoisotopic (exact) mass is 311 g/mol. The van der Waals surface area contributed by atoms with Crippen LogP contribution in [-0.2, 0) is 9.59 Å². The number of aromatic nitrogens is 1. The Balaban J connectivity index is 1.62. The van der Waals surface area contributed by atoms with Gasteiger partial charge < -0.3 is 15.5 Å². The summed E-state index contributed by atoms with van der Waals surface area (Å²) in [4.78, 5) is 31.2. The summed E-state index contributed by atoms with van der Waals surface area (Å²) >= 11 is 1.64. The zero-order valence-electron chi connectivity index (χ0n) is 12.2. The molecule has 0 radical (unpaired) electrons. The summed E-state index contributed by atoms with van der Waals surface area (Å²) in [5.74, 6) is -0.0781. The van der Waals surface area contributed by atoms with E-state index in [2.05, 4.69) is 25.4 Å². The average molecular weight is 311 g/mol. The summed E-state index contributed by atoms with van der Waals surface area (Å²) in [7, 11) is 0. The molecule has 2 rings (SSSR count). The lowest BCUT2D eigenvalue weighted by Gasteiger charge is -2.34. The second-order valence-electron chi connectivity index (χ2n) is 4.91. The number of hydrogen-bond donors (Lipinski definition) is 2. The first kappa shape index (κ1) is 15.7. The second kappa shape index (κ2) is 7.94. The Hall–Kier alpha value is -1.67. The van der Waals surface area contributed by atoms with Crippen LogP contribution < -0.4 is 15.5 Å². The van der Waals surface area contributed by atoms with Crippen LogP contribution in [0.3, 0.4) is 0 Å². The van der Waals surface area contributed by atoms with E-state index in [4.69, 9.17) is 0 Å². The molecule has 1 aromatic heterocycles. The van der Waals surface area contributed by atoms with E-state index in [9.17, 15) is 9.59 Å². The van der Waals surface area contributed by atoms with Gasteiger partial charge in [0.1, 0.15) is 0 Å². The van der Waals surface area contributed by atoms with E-state index in [-0.39, 0.29) is 11.8 Å². The SMILES string of the molecule is CC(=O)NCCNC(=O)CN1CCN(c2nccs2)CC1. The molecule has 21 heavy (non-hydrogen) atoms. The lowest BCUT2D eigenvalue weighted by molar-refractivity contribution is -0.123. The van der Waals surface area contributed by atoms with Gasteiger partial charge in [0.05, 0.1) is 6.54 Å². The highest BCUT2D eigenvalue weighted by molar-refractivity contribution is 7.13. The molecule has 0 saturated carbocycles. The van der Waals surface area contributed by atoms with Crippen LogP contribution in [0.15, 0.2) is 11.6 Å². The Labute approximate surface area is 128 Å². The van der Waals surface area contributed by atoms with Crippen molar-refractivity contribution in [2.75, 3.05) is 50.7 Å². The van der Waals surface area contributed by atoms with Crippen LogP contribution in [0.2, 0.25) is 0 Å². The van der Waals surface area contributed by atoms with Crippen molar-refractivity contribution in [1.29, 1.82) is 0 Å². The van der Waals surface area contributed by atoms with E-state index in [0.717, 1.165) is 31.3 Å². The normalized spacial score (nSPS) is 15.8. The lowest BCUT2D eigenvalue weighted by atomic mass is 10.3. The molecule has 1 fully saturated rings. The van der Waals surface area contributed by atoms with Crippen molar-refractivity contribution >= 4 is 28.3 Å². The number of hydrogen-bond acceptors (Lipinski definition) is 6. The first-order valence-corrected chi connectivity index (χ1v) is 7.91. The Morgan fingerprint density at radius 3 is 2.57 bits per heavy atom. The third-order valence-corrected chi connectivity index (χ3v) is 4.08. The minimum absolute atomic E-state index is 0.00282. The van der Waals surface area contributed by atoms with Crippen molar-refractivity contribution < 1.29 is 9.59 Å². The molecule has 2 N–H and O–H groups in total. The quantitative estimate of drug-likeness (QED) is 0.694. The van der Waals surface area contributed by atoms with Crippen molar-refractivity contribution in [2.45, 2.75) is 6.92 Å². The second-order valence-corrected chi connectivity index (χ2v) is 5.78. The highest BCUT2D eigenvalue weighted by atomic mass is 32.1. The molecule has 2 heterocycles. The molecule has 0 spiro atoms. The van der Waals surface area contributed by atoms with E-state index in [1.807, 2.05) is 11.6 Å². The predicted molar refractivity (Wildman–Crippen MR) is 82.5 cm³/mol. The van der Waals surface area contributed by atoms with Crippen LogP contribution in [0.25, 0.3) is 0 Å². The van der Waals surface area contributed by atoms with Gasteiger partial charge in [-0.25, -0.2) is 4.98 Å². The van der Waals surface area contributed by atoms with Gasteiger partial charge in [-0.3, -0.25) is 14.5 Å². The topological polar surface area (TPSA) is 77.6 Å². The van der Waals surface area contributed by atoms with Gasteiger partial charge in [-0.15, -0.1) is 11.3 Å². The minimum atomic E-state index is -0.0810. The Morgan fingerprint density at radius 2 is 1.95 bits per heavy atom. The van der Waals surface area contributed by atoms with Crippen LogP contribution in [0.1, 0.15) is 6.92 Å². The fourth-order valence-electron chi connectivity index (χ4n) is 2.17. The van der Waals surface area contributed by atoms with Crippen molar-refractivity contribution in [3.05, 3.63) is 11.6 Å². The molecule has 0 unspecified atom stereocenters. The van der Waals surface area contributed by atoms with Gasteiger partial charge in [0, 0.05) is 57.8 Å². The summed E-state index contributed by atoms with van der Waals surface area (Å²) in [6.07, 6.45) is 1.81. The number of carbonyl (C=O) groups is 2. The minimum Gasteiger partial charge on any atom is -0.355 e. The lowest BCUT2D eigenvalue weighted by Crippen LogP contribution is -2.50. The van der Waals surface area contributed by atoms with Gasteiger partial charge in [0.15, 0.2) is 5.13 Å². The Bertz CT molecular complexity index is 457. The van der Waals surface area contributed by atoms with Crippen LogP contribution in [0, 0.1) is 0 Å². The van der Waals surface area contributed by atoms with Crippen molar-refractivity contribution in [1.82, 2.24) is 20.5 Å². The maximum absolute atomic E-state index is 11.8. The summed E-state index contributed by atoms with van der Waals surface area (Å²) in [6.45, 7) is 6.32. The number of amides is 2. The largest absolute Gasteiger partial charge is 0.355 e. The highest BCUT2D eigenvalue weighted by Crippen LogP contribution is 2.18. The van der Waals surface area contributed by atoms with Gasteiger partial charge in [0.2, 0.25) is 11.8 Å². The molecule has 1 aromatic rings. The van der Waals surface area contributed by atoms with E-state index >= 15 is 0 Å². The first-order chi connectivity index (χ1) is 10.1. The maximum Gasteiger partial charge on any atom is 0.234 e. The standard InChI is InChI=1S/C13H21N5O2S/c1-11(19)14-2-3-15-12(20)10-17-5-7-18(8-6-17)13-16-4-9-21-13/h4,9H,2-3,5-8,10H2,1H3,(H,14,19)(H,15,20). The van der Waals surface area contributed by atoms with Gasteiger partial charge in [-0.2, -0.15) is 0 Å². The third kappa shape index (κ3) is 5.31. The van der Waals surface area contributed by atoms with E-state index in [1.165, 1.54) is 6.92 Å². The number of carbonyl (C=O) groups excluding carboxylic acids is 2. The number of piperazine rings is 1. The van der Waals surface area contributed by atoms with Crippen LogP contribution in [0.5, 0.6) is 0 Å². The maximum atomic E-state index is 11.8. The number of nitrogens with zero attached hydrogens (tertiary/aromatic N) is 3. The Kier molecular flexibility index (Phi) is 5.94.